The van der Waals surface area contributed by atoms with Gasteiger partial charge in [-0.3, -0.25) is 0 Å². The molecule has 7 heteroatoms. The van der Waals surface area contributed by atoms with E-state index in [1.54, 1.807) is 6.92 Å². The van der Waals surface area contributed by atoms with Gasteiger partial charge in [0.15, 0.2) is 11.5 Å². The van der Waals surface area contributed by atoms with Gasteiger partial charge in [0.25, 0.3) is 0 Å². The molecular weight excluding hydrogens is 208 g/mol. The number of fused-ring (bicyclic) bond motifs is 2. The molecule has 1 aromatic rings. The van der Waals surface area contributed by atoms with Crippen LogP contribution in [0.5, 0.6) is 11.5 Å². The first-order valence-corrected chi connectivity index (χ1v) is 5.06. The number of rotatable bonds is 0. The first kappa shape index (κ1) is 8.95. The fourth-order valence-electron chi connectivity index (χ4n) is 1.18. The topological polar surface area (TPSA) is 105 Å². The maximum Gasteiger partial charge on any atom is 0.501 e. The van der Waals surface area contributed by atoms with E-state index in [2.05, 4.69) is 8.37 Å². The second kappa shape index (κ2) is 2.44. The van der Waals surface area contributed by atoms with E-state index in [0.29, 0.717) is 11.3 Å². The zero-order valence-corrected chi connectivity index (χ0v) is 8.09. The Labute approximate surface area is 80.7 Å². The molecule has 0 aromatic heterocycles. The minimum absolute atomic E-state index is 0.00866. The molecule has 0 radical (unpaired) electrons. The third-order valence-electron chi connectivity index (χ3n) is 1.95. The second-order valence-electron chi connectivity index (χ2n) is 2.91. The molecule has 0 amide bonds. The van der Waals surface area contributed by atoms with Crippen molar-refractivity contribution in [3.63, 3.8) is 0 Å². The summed E-state index contributed by atoms with van der Waals surface area (Å²) in [5.74, 6) is 0.0561. The van der Waals surface area contributed by atoms with Crippen molar-refractivity contribution in [1.82, 2.24) is 0 Å². The smallest absolute Gasteiger partial charge is 0.398 e. The molecule has 76 valence electrons. The molecule has 2 rings (SSSR count). The highest BCUT2D eigenvalue weighted by Crippen LogP contribution is 2.43. The number of anilines is 2. The van der Waals surface area contributed by atoms with Gasteiger partial charge >= 0.3 is 10.4 Å². The van der Waals surface area contributed by atoms with E-state index in [4.69, 9.17) is 11.5 Å². The molecule has 1 heterocycles. The summed E-state index contributed by atoms with van der Waals surface area (Å²) in [5, 5.41) is 0. The lowest BCUT2D eigenvalue weighted by molar-refractivity contribution is 0.380. The Morgan fingerprint density at radius 1 is 1.29 bits per heavy atom. The Kier molecular flexibility index (Phi) is 1.56. The van der Waals surface area contributed by atoms with Crippen LogP contribution in [0.1, 0.15) is 5.56 Å². The first-order valence-electron chi connectivity index (χ1n) is 3.73. The third kappa shape index (κ3) is 1.13. The van der Waals surface area contributed by atoms with Gasteiger partial charge in [0.05, 0.1) is 0 Å². The Bertz CT molecular complexity index is 502. The third-order valence-corrected chi connectivity index (χ3v) is 2.70. The van der Waals surface area contributed by atoms with Crippen molar-refractivity contribution < 1.29 is 16.8 Å². The SMILES string of the molecule is Cc1c(N)cc2c(N)c1OS(=O)(=O)O2. The average molecular weight is 216 g/mol. The van der Waals surface area contributed by atoms with Crippen molar-refractivity contribution in [2.45, 2.75) is 6.92 Å². The van der Waals surface area contributed by atoms with Crippen LogP contribution < -0.4 is 19.8 Å². The van der Waals surface area contributed by atoms with Crippen LogP contribution in [0.4, 0.5) is 11.4 Å². The Balaban J connectivity index is 2.76. The zero-order valence-electron chi connectivity index (χ0n) is 7.27. The normalized spacial score (nSPS) is 16.9. The predicted octanol–water partition coefficient (Wildman–Crippen LogP) is 0.175. The van der Waals surface area contributed by atoms with E-state index in [1.165, 1.54) is 6.07 Å². The molecule has 1 aliphatic rings. The van der Waals surface area contributed by atoms with Gasteiger partial charge in [0, 0.05) is 17.3 Å². The lowest BCUT2D eigenvalue weighted by Gasteiger charge is -2.20. The standard InChI is InChI=1S/C7H8N2O4S/c1-3-4(8)2-5-6(9)7(3)13-14(10,11)12-5/h2H,8-9H2,1H3. The van der Waals surface area contributed by atoms with Gasteiger partial charge in [-0.05, 0) is 6.92 Å². The Morgan fingerprint density at radius 2 is 1.93 bits per heavy atom. The van der Waals surface area contributed by atoms with Crippen molar-refractivity contribution in [3.05, 3.63) is 11.6 Å². The van der Waals surface area contributed by atoms with Gasteiger partial charge in [0.2, 0.25) is 0 Å². The van der Waals surface area contributed by atoms with E-state index in [1.807, 2.05) is 0 Å². The van der Waals surface area contributed by atoms with Gasteiger partial charge in [-0.25, -0.2) is 0 Å². The fourth-order valence-corrected chi connectivity index (χ4v) is 1.99. The summed E-state index contributed by atoms with van der Waals surface area (Å²) in [7, 11) is -4.03. The highest BCUT2D eigenvalue weighted by Gasteiger charge is 2.29. The van der Waals surface area contributed by atoms with Crippen molar-refractivity contribution in [2.24, 2.45) is 0 Å². The highest BCUT2D eigenvalue weighted by molar-refractivity contribution is 7.82. The number of benzene rings is 1. The Morgan fingerprint density at radius 3 is 2.57 bits per heavy atom. The molecule has 14 heavy (non-hydrogen) atoms. The molecule has 1 aliphatic heterocycles. The quantitative estimate of drug-likeness (QED) is 0.599. The van der Waals surface area contributed by atoms with E-state index >= 15 is 0 Å². The van der Waals surface area contributed by atoms with Gasteiger partial charge < -0.3 is 19.8 Å². The minimum atomic E-state index is -4.03. The van der Waals surface area contributed by atoms with Gasteiger partial charge in [-0.2, -0.15) is 0 Å². The molecule has 1 aromatic carbocycles. The minimum Gasteiger partial charge on any atom is -0.398 e. The summed E-state index contributed by atoms with van der Waals surface area (Å²) in [6.45, 7) is 1.62. The Hall–Kier alpha value is -1.63. The van der Waals surface area contributed by atoms with E-state index in [9.17, 15) is 8.42 Å². The summed E-state index contributed by atoms with van der Waals surface area (Å²) in [4.78, 5) is 0. The molecular formula is C7H8N2O4S. The van der Waals surface area contributed by atoms with Crippen LogP contribution in [0.25, 0.3) is 0 Å². The van der Waals surface area contributed by atoms with Crippen LogP contribution in [0, 0.1) is 6.92 Å². The van der Waals surface area contributed by atoms with Crippen molar-refractivity contribution in [3.8, 4) is 11.5 Å². The first-order chi connectivity index (χ1) is 6.41. The van der Waals surface area contributed by atoms with Crippen LogP contribution in [0.3, 0.4) is 0 Å². The summed E-state index contributed by atoms with van der Waals surface area (Å²) in [6, 6.07) is 1.36. The number of hydrogen-bond acceptors (Lipinski definition) is 6. The van der Waals surface area contributed by atoms with Crippen LogP contribution >= 0.6 is 0 Å². The molecule has 2 bridgehead atoms. The molecule has 6 nitrogen and oxygen atoms in total. The lowest BCUT2D eigenvalue weighted by Crippen LogP contribution is -2.23. The second-order valence-corrected chi connectivity index (χ2v) is 4.06. The molecule has 0 spiro atoms. The van der Waals surface area contributed by atoms with Gasteiger partial charge in [-0.1, -0.05) is 0 Å². The van der Waals surface area contributed by atoms with Crippen molar-refractivity contribution >= 4 is 21.8 Å². The summed E-state index contributed by atoms with van der Waals surface area (Å²) < 4.78 is 31.1. The molecule has 0 unspecified atom stereocenters. The maximum absolute atomic E-state index is 11.0. The van der Waals surface area contributed by atoms with Crippen LogP contribution in [-0.2, 0) is 10.4 Å². The molecule has 0 saturated carbocycles. The molecule has 0 fully saturated rings. The maximum atomic E-state index is 11.0. The largest absolute Gasteiger partial charge is 0.501 e. The van der Waals surface area contributed by atoms with Crippen molar-refractivity contribution in [1.29, 1.82) is 0 Å². The van der Waals surface area contributed by atoms with E-state index in [-0.39, 0.29) is 17.2 Å². The van der Waals surface area contributed by atoms with Crippen LogP contribution in [0.15, 0.2) is 6.07 Å². The number of nitrogens with two attached hydrogens (primary N) is 2. The summed E-state index contributed by atoms with van der Waals surface area (Å²) >= 11 is 0. The van der Waals surface area contributed by atoms with E-state index < -0.39 is 10.4 Å². The lowest BCUT2D eigenvalue weighted by atomic mass is 10.1. The van der Waals surface area contributed by atoms with Crippen molar-refractivity contribution in [2.75, 3.05) is 11.5 Å². The molecule has 0 saturated heterocycles. The molecule has 4 N–H and O–H groups in total. The van der Waals surface area contributed by atoms with Gasteiger partial charge in [0.1, 0.15) is 5.69 Å². The molecule has 0 atom stereocenters. The number of nitrogen functional groups attached to an aromatic ring is 2. The highest BCUT2D eigenvalue weighted by atomic mass is 32.3. The van der Waals surface area contributed by atoms with Gasteiger partial charge in [-0.15, -0.1) is 8.42 Å². The predicted molar refractivity (Wildman–Crippen MR) is 50.2 cm³/mol. The zero-order chi connectivity index (χ0) is 10.5. The number of hydrogen-bond donors (Lipinski definition) is 2. The van der Waals surface area contributed by atoms with Crippen LogP contribution in [0.2, 0.25) is 0 Å². The van der Waals surface area contributed by atoms with E-state index in [0.717, 1.165) is 0 Å². The monoisotopic (exact) mass is 216 g/mol. The average Bonchev–Trinajstić information content (AvgIpc) is 2.06. The summed E-state index contributed by atoms with van der Waals surface area (Å²) in [5.41, 5.74) is 12.1. The summed E-state index contributed by atoms with van der Waals surface area (Å²) in [6.07, 6.45) is 0. The molecule has 0 aliphatic carbocycles. The fraction of sp³-hybridized carbons (Fsp3) is 0.143. The van der Waals surface area contributed by atoms with Crippen LogP contribution in [-0.4, -0.2) is 8.42 Å².